The first kappa shape index (κ1) is 20.4. The molecule has 0 aliphatic carbocycles. The molecule has 0 rings (SSSR count). The fraction of sp³-hybridized carbons (Fsp3) is 0.812. The van der Waals surface area contributed by atoms with Gasteiger partial charge in [0, 0.05) is 12.8 Å². The highest BCUT2D eigenvalue weighted by molar-refractivity contribution is 5.87. The molecule has 0 fully saturated rings. The van der Waals surface area contributed by atoms with Gasteiger partial charge in [-0.25, -0.2) is 9.59 Å². The van der Waals surface area contributed by atoms with Crippen LogP contribution in [0.5, 0.6) is 0 Å². The van der Waals surface area contributed by atoms with E-state index in [4.69, 9.17) is 4.74 Å². The monoisotopic (exact) mass is 315 g/mol. The molecule has 22 heavy (non-hydrogen) atoms. The summed E-state index contributed by atoms with van der Waals surface area (Å²) in [4.78, 5) is 35.5. The number of hydrogen-bond donors (Lipinski definition) is 2. The first-order valence-corrected chi connectivity index (χ1v) is 7.51. The molecular formula is C16H29NO5. The predicted molar refractivity (Wildman–Crippen MR) is 83.7 cm³/mol. The number of carboxylic acid groups (broad SMARTS) is 1. The lowest BCUT2D eigenvalue weighted by atomic mass is 9.70. The van der Waals surface area contributed by atoms with Gasteiger partial charge in [-0.3, -0.25) is 4.79 Å². The van der Waals surface area contributed by atoms with Crippen LogP contribution < -0.4 is 5.32 Å². The van der Waals surface area contributed by atoms with Crippen molar-refractivity contribution in [2.24, 2.45) is 5.41 Å². The van der Waals surface area contributed by atoms with Gasteiger partial charge < -0.3 is 15.2 Å². The molecule has 128 valence electrons. The molecule has 0 saturated heterocycles. The summed E-state index contributed by atoms with van der Waals surface area (Å²) in [5.41, 5.74) is -3.09. The Labute approximate surface area is 132 Å². The molecule has 0 radical (unpaired) electrons. The molecule has 0 aromatic rings. The van der Waals surface area contributed by atoms with Crippen LogP contribution in [0.25, 0.3) is 0 Å². The quantitative estimate of drug-likeness (QED) is 0.785. The zero-order valence-electron chi connectivity index (χ0n) is 14.7. The molecule has 0 spiro atoms. The number of carbonyl (C=O) groups excluding carboxylic acids is 2. The van der Waals surface area contributed by atoms with Crippen molar-refractivity contribution in [3.05, 3.63) is 0 Å². The number of rotatable bonds is 6. The van der Waals surface area contributed by atoms with Crippen LogP contribution in [-0.4, -0.2) is 34.1 Å². The summed E-state index contributed by atoms with van der Waals surface area (Å²) in [6, 6.07) is 0. The summed E-state index contributed by atoms with van der Waals surface area (Å²) < 4.78 is 5.17. The zero-order valence-corrected chi connectivity index (χ0v) is 14.7. The molecule has 1 atom stereocenters. The van der Waals surface area contributed by atoms with Crippen LogP contribution in [0.4, 0.5) is 4.79 Å². The molecule has 2 N–H and O–H groups in total. The maximum absolute atomic E-state index is 12.1. The van der Waals surface area contributed by atoms with E-state index < -0.39 is 28.6 Å². The van der Waals surface area contributed by atoms with E-state index in [0.29, 0.717) is 6.42 Å². The predicted octanol–water partition coefficient (Wildman–Crippen LogP) is 3.14. The first-order chi connectivity index (χ1) is 9.75. The number of carboxylic acids is 1. The molecule has 6 nitrogen and oxygen atoms in total. The molecule has 0 aliphatic rings. The van der Waals surface area contributed by atoms with Gasteiger partial charge in [-0.1, -0.05) is 27.7 Å². The summed E-state index contributed by atoms with van der Waals surface area (Å²) in [6.07, 6.45) is -0.339. The Morgan fingerprint density at radius 2 is 1.55 bits per heavy atom. The summed E-state index contributed by atoms with van der Waals surface area (Å²) >= 11 is 0. The largest absolute Gasteiger partial charge is 0.479 e. The standard InChI is InChI=1S/C16H29NO5/c1-8-11(18)9-10-16(12(19)20,14(2,3)4)17-13(21)22-15(5,6)7/h8-10H2,1-7H3,(H,17,21)(H,19,20)/t16-/m1/s1. The van der Waals surface area contributed by atoms with Gasteiger partial charge in [0.2, 0.25) is 0 Å². The van der Waals surface area contributed by atoms with Gasteiger partial charge in [0.25, 0.3) is 0 Å². The molecule has 0 aromatic heterocycles. The molecule has 0 heterocycles. The second-order valence-corrected chi connectivity index (χ2v) is 7.48. The van der Waals surface area contributed by atoms with Crippen LogP contribution in [0.1, 0.15) is 67.7 Å². The average molecular weight is 315 g/mol. The number of alkyl carbamates (subject to hydrolysis) is 1. The number of ketones is 1. The maximum atomic E-state index is 12.1. The van der Waals surface area contributed by atoms with E-state index in [2.05, 4.69) is 5.32 Å². The lowest BCUT2D eigenvalue weighted by Gasteiger charge is -2.41. The topological polar surface area (TPSA) is 92.7 Å². The Bertz CT molecular complexity index is 431. The number of Topliss-reactive ketones (excluding diaryl/α,β-unsaturated/α-hetero) is 1. The number of nitrogens with one attached hydrogen (secondary N) is 1. The third-order valence-corrected chi connectivity index (χ3v) is 3.53. The second kappa shape index (κ2) is 7.11. The molecule has 6 heteroatoms. The minimum Gasteiger partial charge on any atom is -0.479 e. The van der Waals surface area contributed by atoms with E-state index in [1.165, 1.54) is 0 Å². The normalized spacial score (nSPS) is 14.9. The Hall–Kier alpha value is -1.59. The number of amides is 1. The van der Waals surface area contributed by atoms with E-state index in [9.17, 15) is 19.5 Å². The maximum Gasteiger partial charge on any atom is 0.408 e. The highest BCUT2D eigenvalue weighted by atomic mass is 16.6. The van der Waals surface area contributed by atoms with Crippen LogP contribution in [0.15, 0.2) is 0 Å². The van der Waals surface area contributed by atoms with Gasteiger partial charge in [0.1, 0.15) is 16.9 Å². The number of hydrogen-bond acceptors (Lipinski definition) is 4. The number of ether oxygens (including phenoxy) is 1. The van der Waals surface area contributed by atoms with Gasteiger partial charge in [-0.15, -0.1) is 0 Å². The van der Waals surface area contributed by atoms with Crippen LogP contribution in [0, 0.1) is 5.41 Å². The zero-order chi connectivity index (χ0) is 17.8. The molecule has 0 saturated carbocycles. The summed E-state index contributed by atoms with van der Waals surface area (Å²) in [5, 5.41) is 12.2. The van der Waals surface area contributed by atoms with Crippen LogP contribution in [-0.2, 0) is 14.3 Å². The number of carbonyl (C=O) groups is 3. The number of aliphatic carboxylic acids is 1. The van der Waals surface area contributed by atoms with Crippen LogP contribution in [0.2, 0.25) is 0 Å². The smallest absolute Gasteiger partial charge is 0.408 e. The van der Waals surface area contributed by atoms with Crippen LogP contribution >= 0.6 is 0 Å². The van der Waals surface area contributed by atoms with Crippen molar-refractivity contribution < 1.29 is 24.2 Å². The molecule has 0 unspecified atom stereocenters. The third kappa shape index (κ3) is 5.66. The lowest BCUT2D eigenvalue weighted by molar-refractivity contribution is -0.150. The van der Waals surface area contributed by atoms with E-state index >= 15 is 0 Å². The molecule has 1 amide bonds. The summed E-state index contributed by atoms with van der Waals surface area (Å²) in [6.45, 7) is 12.0. The van der Waals surface area contributed by atoms with Gasteiger partial charge >= 0.3 is 12.1 Å². The molecular weight excluding hydrogens is 286 g/mol. The lowest BCUT2D eigenvalue weighted by Crippen LogP contribution is -2.63. The molecule has 0 aromatic carbocycles. The Morgan fingerprint density at radius 1 is 1.05 bits per heavy atom. The fourth-order valence-electron chi connectivity index (χ4n) is 2.09. The highest BCUT2D eigenvalue weighted by Gasteiger charge is 2.50. The van der Waals surface area contributed by atoms with Crippen molar-refractivity contribution in [2.45, 2.75) is 78.9 Å². The van der Waals surface area contributed by atoms with Crippen LogP contribution in [0.3, 0.4) is 0 Å². The Morgan fingerprint density at radius 3 is 1.86 bits per heavy atom. The minimum atomic E-state index is -1.57. The molecule has 0 aliphatic heterocycles. The van der Waals surface area contributed by atoms with E-state index in [0.717, 1.165) is 0 Å². The third-order valence-electron chi connectivity index (χ3n) is 3.53. The van der Waals surface area contributed by atoms with Crippen molar-refractivity contribution in [3.8, 4) is 0 Å². The molecule has 0 bridgehead atoms. The Balaban J connectivity index is 5.44. The SMILES string of the molecule is CCC(=O)CC[C@@](NC(=O)OC(C)(C)C)(C(=O)O)C(C)(C)C. The van der Waals surface area contributed by atoms with Crippen molar-refractivity contribution in [3.63, 3.8) is 0 Å². The first-order valence-electron chi connectivity index (χ1n) is 7.51. The van der Waals surface area contributed by atoms with E-state index in [-0.39, 0.29) is 18.6 Å². The van der Waals surface area contributed by atoms with Crippen molar-refractivity contribution in [1.29, 1.82) is 0 Å². The van der Waals surface area contributed by atoms with Gasteiger partial charge in [0.05, 0.1) is 0 Å². The minimum absolute atomic E-state index is 0.0255. The summed E-state index contributed by atoms with van der Waals surface area (Å²) in [7, 11) is 0. The van der Waals surface area contributed by atoms with Gasteiger partial charge in [-0.2, -0.15) is 0 Å². The average Bonchev–Trinajstić information content (AvgIpc) is 2.29. The van der Waals surface area contributed by atoms with Gasteiger partial charge in [0.15, 0.2) is 0 Å². The van der Waals surface area contributed by atoms with Crippen molar-refractivity contribution >= 4 is 17.8 Å². The van der Waals surface area contributed by atoms with Crippen molar-refractivity contribution in [2.75, 3.05) is 0 Å². The fourth-order valence-corrected chi connectivity index (χ4v) is 2.09. The highest BCUT2D eigenvalue weighted by Crippen LogP contribution is 2.35. The van der Waals surface area contributed by atoms with E-state index in [1.807, 2.05) is 0 Å². The van der Waals surface area contributed by atoms with E-state index in [1.54, 1.807) is 48.5 Å². The van der Waals surface area contributed by atoms with Gasteiger partial charge in [-0.05, 0) is 32.6 Å². The summed E-state index contributed by atoms with van der Waals surface area (Å²) in [5.74, 6) is -1.21. The van der Waals surface area contributed by atoms with Crippen molar-refractivity contribution in [1.82, 2.24) is 5.32 Å². The Kier molecular flexibility index (Phi) is 6.60. The second-order valence-electron chi connectivity index (χ2n) is 7.48.